The molecule has 0 saturated carbocycles. The van der Waals surface area contributed by atoms with Crippen molar-refractivity contribution in [1.82, 2.24) is 4.68 Å². The van der Waals surface area contributed by atoms with Crippen LogP contribution in [0.3, 0.4) is 0 Å². The van der Waals surface area contributed by atoms with Crippen molar-refractivity contribution in [2.75, 3.05) is 16.1 Å². The Hall–Kier alpha value is -3.88. The number of anilines is 2. The summed E-state index contributed by atoms with van der Waals surface area (Å²) < 4.78 is 14.3. The molecule has 34 heavy (non-hydrogen) atoms. The van der Waals surface area contributed by atoms with Gasteiger partial charge >= 0.3 is 11.8 Å². The van der Waals surface area contributed by atoms with E-state index >= 15 is 0 Å². The van der Waals surface area contributed by atoms with Crippen LogP contribution in [0.1, 0.15) is 16.1 Å². The number of aromatic nitrogens is 1. The number of nitrogens with zero attached hydrogens (tertiary/aromatic N) is 1. The fourth-order valence-electron chi connectivity index (χ4n) is 3.28. The summed E-state index contributed by atoms with van der Waals surface area (Å²) in [5.74, 6) is -3.06. The molecule has 3 N–H and O–H groups in total. The van der Waals surface area contributed by atoms with Crippen molar-refractivity contribution in [3.05, 3.63) is 93.8 Å². The van der Waals surface area contributed by atoms with E-state index in [4.69, 9.17) is 23.2 Å². The summed E-state index contributed by atoms with van der Waals surface area (Å²) >= 11 is 12.2. The number of carbonyl (C=O) groups is 3. The minimum Gasteiger partial charge on any atom is -0.320 e. The zero-order valence-electron chi connectivity index (χ0n) is 17.7. The van der Waals surface area contributed by atoms with Gasteiger partial charge in [-0.1, -0.05) is 29.3 Å². The summed E-state index contributed by atoms with van der Waals surface area (Å²) in [6.45, 7) is 1.76. The zero-order valence-corrected chi connectivity index (χ0v) is 19.2. The van der Waals surface area contributed by atoms with Gasteiger partial charge in [-0.2, -0.15) is 0 Å². The molecule has 4 aromatic rings. The third-order valence-electron chi connectivity index (χ3n) is 5.03. The highest BCUT2D eigenvalue weighted by Crippen LogP contribution is 2.26. The van der Waals surface area contributed by atoms with Gasteiger partial charge in [0.25, 0.3) is 5.91 Å². The summed E-state index contributed by atoms with van der Waals surface area (Å²) in [6.07, 6.45) is 0. The van der Waals surface area contributed by atoms with Crippen molar-refractivity contribution in [2.45, 2.75) is 6.92 Å². The molecule has 7 nitrogen and oxygen atoms in total. The molecule has 10 heteroatoms. The maximum absolute atomic E-state index is 13.1. The topological polar surface area (TPSA) is 92.2 Å². The van der Waals surface area contributed by atoms with Crippen LogP contribution in [-0.4, -0.2) is 22.4 Å². The number of hydrogen-bond acceptors (Lipinski definition) is 3. The number of hydrogen-bond donors (Lipinski definition) is 3. The number of fused-ring (bicyclic) bond motifs is 1. The van der Waals surface area contributed by atoms with Gasteiger partial charge in [-0.15, -0.1) is 0 Å². The molecule has 0 saturated heterocycles. The number of halogens is 3. The van der Waals surface area contributed by atoms with Crippen LogP contribution in [0.4, 0.5) is 15.8 Å². The standard InChI is InChI=1S/C24H17Cl2FN4O3/c1-13-18(26)3-2-4-19(13)29-22(32)21-12-14-11-15(25)5-10-20(14)31(21)30-24(34)23(33)28-17-8-6-16(27)7-9-17/h2-12H,1H3,(H,28,33)(H,29,32)(H,30,34). The van der Waals surface area contributed by atoms with Crippen LogP contribution in [0.25, 0.3) is 10.9 Å². The summed E-state index contributed by atoms with van der Waals surface area (Å²) in [4.78, 5) is 38.2. The predicted molar refractivity (Wildman–Crippen MR) is 130 cm³/mol. The van der Waals surface area contributed by atoms with E-state index in [1.54, 1.807) is 43.3 Å². The highest BCUT2D eigenvalue weighted by Gasteiger charge is 2.22. The van der Waals surface area contributed by atoms with Crippen molar-refractivity contribution in [3.8, 4) is 0 Å². The molecule has 3 aromatic carbocycles. The molecule has 0 aliphatic carbocycles. The maximum atomic E-state index is 13.1. The van der Waals surface area contributed by atoms with Gasteiger partial charge < -0.3 is 10.6 Å². The number of carbonyl (C=O) groups excluding carboxylic acids is 3. The molecule has 0 bridgehead atoms. The smallest absolute Gasteiger partial charge is 0.320 e. The Morgan fingerprint density at radius 1 is 0.882 bits per heavy atom. The lowest BCUT2D eigenvalue weighted by molar-refractivity contribution is -0.133. The highest BCUT2D eigenvalue weighted by atomic mass is 35.5. The Labute approximate surface area is 203 Å². The predicted octanol–water partition coefficient (Wildman–Crippen LogP) is 5.36. The van der Waals surface area contributed by atoms with Gasteiger partial charge in [0.05, 0.1) is 5.52 Å². The zero-order chi connectivity index (χ0) is 24.4. The van der Waals surface area contributed by atoms with Gasteiger partial charge in [-0.25, -0.2) is 9.07 Å². The van der Waals surface area contributed by atoms with Crippen molar-refractivity contribution in [1.29, 1.82) is 0 Å². The summed E-state index contributed by atoms with van der Waals surface area (Å²) in [5, 5.41) is 6.62. The molecule has 4 rings (SSSR count). The van der Waals surface area contributed by atoms with Crippen LogP contribution in [-0.2, 0) is 9.59 Å². The Balaban J connectivity index is 1.64. The Kier molecular flexibility index (Phi) is 6.54. The average molecular weight is 499 g/mol. The molecule has 1 heterocycles. The molecule has 3 amide bonds. The average Bonchev–Trinajstić information content (AvgIpc) is 3.15. The quantitative estimate of drug-likeness (QED) is 0.331. The molecule has 1 aromatic heterocycles. The SMILES string of the molecule is Cc1c(Cl)cccc1NC(=O)c1cc2cc(Cl)ccc2n1NC(=O)C(=O)Nc1ccc(F)cc1. The van der Waals surface area contributed by atoms with Gasteiger partial charge in [-0.3, -0.25) is 19.8 Å². The van der Waals surface area contributed by atoms with E-state index in [2.05, 4.69) is 16.1 Å². The van der Waals surface area contributed by atoms with Crippen LogP contribution < -0.4 is 16.1 Å². The van der Waals surface area contributed by atoms with Crippen LogP contribution in [0, 0.1) is 12.7 Å². The largest absolute Gasteiger partial charge is 0.328 e. The lowest BCUT2D eigenvalue weighted by atomic mass is 10.2. The molecular weight excluding hydrogens is 482 g/mol. The molecule has 0 aliphatic rings. The second-order valence-electron chi connectivity index (χ2n) is 7.34. The van der Waals surface area contributed by atoms with Gasteiger partial charge in [0.1, 0.15) is 11.5 Å². The summed E-state index contributed by atoms with van der Waals surface area (Å²) in [7, 11) is 0. The van der Waals surface area contributed by atoms with E-state index in [0.717, 1.165) is 12.1 Å². The van der Waals surface area contributed by atoms with E-state index in [0.29, 0.717) is 32.2 Å². The molecule has 0 unspecified atom stereocenters. The second-order valence-corrected chi connectivity index (χ2v) is 8.18. The monoisotopic (exact) mass is 498 g/mol. The molecule has 0 atom stereocenters. The van der Waals surface area contributed by atoms with Crippen LogP contribution in [0.2, 0.25) is 10.0 Å². The van der Waals surface area contributed by atoms with E-state index < -0.39 is 23.5 Å². The lowest BCUT2D eigenvalue weighted by Gasteiger charge is -2.14. The Bertz CT molecular complexity index is 1430. The van der Waals surface area contributed by atoms with Gasteiger partial charge in [0.15, 0.2) is 0 Å². The highest BCUT2D eigenvalue weighted by molar-refractivity contribution is 6.42. The Morgan fingerprint density at radius 2 is 1.62 bits per heavy atom. The summed E-state index contributed by atoms with van der Waals surface area (Å²) in [6, 6.07) is 16.4. The van der Waals surface area contributed by atoms with Crippen LogP contribution in [0.5, 0.6) is 0 Å². The molecule has 0 spiro atoms. The van der Waals surface area contributed by atoms with Crippen molar-refractivity contribution >= 4 is 63.2 Å². The van der Waals surface area contributed by atoms with Gasteiger partial charge in [0.2, 0.25) is 0 Å². The third-order valence-corrected chi connectivity index (χ3v) is 5.68. The van der Waals surface area contributed by atoms with Gasteiger partial charge in [-0.05, 0) is 73.2 Å². The molecule has 0 radical (unpaired) electrons. The fraction of sp³-hybridized carbons (Fsp3) is 0.0417. The summed E-state index contributed by atoms with van der Waals surface area (Å²) in [5.41, 5.74) is 4.34. The van der Waals surface area contributed by atoms with Crippen molar-refractivity contribution in [2.24, 2.45) is 0 Å². The van der Waals surface area contributed by atoms with Crippen LogP contribution in [0.15, 0.2) is 66.7 Å². The maximum Gasteiger partial charge on any atom is 0.328 e. The number of benzene rings is 3. The first-order valence-electron chi connectivity index (χ1n) is 9.98. The van der Waals surface area contributed by atoms with E-state index in [-0.39, 0.29) is 11.4 Å². The number of rotatable bonds is 4. The Morgan fingerprint density at radius 3 is 2.35 bits per heavy atom. The first kappa shape index (κ1) is 23.3. The molecular formula is C24H17Cl2FN4O3. The van der Waals surface area contributed by atoms with Crippen molar-refractivity contribution in [3.63, 3.8) is 0 Å². The van der Waals surface area contributed by atoms with Crippen LogP contribution >= 0.6 is 23.2 Å². The third kappa shape index (κ3) is 4.88. The lowest BCUT2D eigenvalue weighted by Crippen LogP contribution is -2.36. The first-order chi connectivity index (χ1) is 16.2. The first-order valence-corrected chi connectivity index (χ1v) is 10.7. The molecule has 0 fully saturated rings. The second kappa shape index (κ2) is 9.54. The van der Waals surface area contributed by atoms with Crippen molar-refractivity contribution < 1.29 is 18.8 Å². The normalized spacial score (nSPS) is 10.7. The van der Waals surface area contributed by atoms with E-state index in [1.807, 2.05) is 0 Å². The molecule has 0 aliphatic heterocycles. The number of nitrogens with one attached hydrogen (secondary N) is 3. The minimum atomic E-state index is -1.04. The fourth-order valence-corrected chi connectivity index (χ4v) is 3.63. The van der Waals surface area contributed by atoms with E-state index in [9.17, 15) is 18.8 Å². The molecule has 172 valence electrons. The minimum absolute atomic E-state index is 0.0552. The van der Waals surface area contributed by atoms with Gasteiger partial charge in [0, 0.05) is 26.8 Å². The van der Waals surface area contributed by atoms with E-state index in [1.165, 1.54) is 22.9 Å². The number of amides is 3.